The molecule has 2 heterocycles. The third kappa shape index (κ3) is 1.63. The summed E-state index contributed by atoms with van der Waals surface area (Å²) >= 11 is 0. The molecule has 94 valence electrons. The van der Waals surface area contributed by atoms with Gasteiger partial charge in [0, 0.05) is 12.7 Å². The zero-order valence-corrected chi connectivity index (χ0v) is 11.1. The molecule has 2 aromatic rings. The van der Waals surface area contributed by atoms with Crippen molar-refractivity contribution in [3.63, 3.8) is 0 Å². The molecule has 0 fully saturated rings. The van der Waals surface area contributed by atoms with Crippen LogP contribution in [0.2, 0.25) is 0 Å². The molecule has 0 spiro atoms. The first-order valence-electron chi connectivity index (χ1n) is 6.21. The fourth-order valence-electron chi connectivity index (χ4n) is 2.78. The molecule has 1 aromatic heterocycles. The Labute approximate surface area is 108 Å². The van der Waals surface area contributed by atoms with E-state index in [2.05, 4.69) is 54.9 Å². The minimum atomic E-state index is -0.304. The van der Waals surface area contributed by atoms with E-state index < -0.39 is 0 Å². The number of benzene rings is 1. The van der Waals surface area contributed by atoms with Crippen LogP contribution in [0.25, 0.3) is 5.69 Å². The molecule has 0 radical (unpaired) electrons. The van der Waals surface area contributed by atoms with E-state index >= 15 is 0 Å². The maximum atomic E-state index is 6.25. The molecule has 0 bridgehead atoms. The maximum Gasteiger partial charge on any atom is 0.159 e. The second kappa shape index (κ2) is 3.89. The second-order valence-corrected chi connectivity index (χ2v) is 5.30. The number of likely N-dealkylation sites (N-methyl/N-ethyl adjacent to an activating group) is 1. The lowest BCUT2D eigenvalue weighted by molar-refractivity contribution is 0.0435. The van der Waals surface area contributed by atoms with Crippen LogP contribution in [0.3, 0.4) is 0 Å². The van der Waals surface area contributed by atoms with Crippen molar-refractivity contribution in [2.45, 2.75) is 12.5 Å². The van der Waals surface area contributed by atoms with Gasteiger partial charge in [-0.1, -0.05) is 12.1 Å². The van der Waals surface area contributed by atoms with E-state index in [0.717, 1.165) is 18.0 Å². The number of ether oxygens (including phenoxy) is 1. The summed E-state index contributed by atoms with van der Waals surface area (Å²) in [5.74, 6) is 0.950. The zero-order chi connectivity index (χ0) is 12.8. The van der Waals surface area contributed by atoms with Gasteiger partial charge in [0.15, 0.2) is 5.60 Å². The van der Waals surface area contributed by atoms with Gasteiger partial charge >= 0.3 is 0 Å². The van der Waals surface area contributed by atoms with E-state index in [-0.39, 0.29) is 5.60 Å². The summed E-state index contributed by atoms with van der Waals surface area (Å²) in [4.78, 5) is 2.16. The zero-order valence-electron chi connectivity index (χ0n) is 11.1. The highest BCUT2D eigenvalue weighted by molar-refractivity contribution is 5.51. The van der Waals surface area contributed by atoms with Gasteiger partial charge in [0.05, 0.1) is 11.4 Å². The predicted molar refractivity (Wildman–Crippen MR) is 72.3 cm³/mol. The van der Waals surface area contributed by atoms with Crippen molar-refractivity contribution < 1.29 is 4.74 Å². The van der Waals surface area contributed by atoms with Crippen molar-refractivity contribution in [1.29, 1.82) is 0 Å². The van der Waals surface area contributed by atoms with Gasteiger partial charge in [-0.25, -0.2) is 0 Å². The highest BCUT2D eigenvalue weighted by Gasteiger charge is 2.37. The van der Waals surface area contributed by atoms with Crippen LogP contribution in [0.15, 0.2) is 42.6 Å². The van der Waals surface area contributed by atoms with Crippen molar-refractivity contribution in [2.75, 3.05) is 20.6 Å². The highest BCUT2D eigenvalue weighted by Crippen LogP contribution is 2.39. The van der Waals surface area contributed by atoms with E-state index in [1.807, 2.05) is 18.2 Å². The van der Waals surface area contributed by atoms with Crippen LogP contribution in [0.1, 0.15) is 12.6 Å². The van der Waals surface area contributed by atoms with Gasteiger partial charge in [-0.3, -0.25) is 0 Å². The van der Waals surface area contributed by atoms with Crippen LogP contribution in [-0.4, -0.2) is 30.1 Å². The lowest BCUT2D eigenvalue weighted by atomic mass is 9.99. The fourth-order valence-corrected chi connectivity index (χ4v) is 2.78. The van der Waals surface area contributed by atoms with Gasteiger partial charge < -0.3 is 14.2 Å². The molecule has 0 aliphatic carbocycles. The van der Waals surface area contributed by atoms with Gasteiger partial charge in [-0.15, -0.1) is 0 Å². The minimum Gasteiger partial charge on any atom is -0.478 e. The first-order chi connectivity index (χ1) is 8.60. The van der Waals surface area contributed by atoms with E-state index in [1.54, 1.807) is 0 Å². The molecule has 1 aromatic carbocycles. The fraction of sp³-hybridized carbons (Fsp3) is 0.333. The molecule has 0 N–H and O–H groups in total. The van der Waals surface area contributed by atoms with E-state index in [0.29, 0.717) is 0 Å². The summed E-state index contributed by atoms with van der Waals surface area (Å²) in [6.07, 6.45) is 2.10. The lowest BCUT2D eigenvalue weighted by Gasteiger charge is -2.38. The van der Waals surface area contributed by atoms with Gasteiger partial charge in [-0.2, -0.15) is 0 Å². The average Bonchev–Trinajstić information content (AvgIpc) is 2.78. The molecule has 3 heteroatoms. The molecular weight excluding hydrogens is 224 g/mol. The largest absolute Gasteiger partial charge is 0.478 e. The molecule has 18 heavy (non-hydrogen) atoms. The summed E-state index contributed by atoms with van der Waals surface area (Å²) in [5.41, 5.74) is 2.02. The molecule has 1 aliphatic heterocycles. The third-order valence-electron chi connectivity index (χ3n) is 3.37. The Morgan fingerprint density at radius 1 is 1.17 bits per heavy atom. The summed E-state index contributed by atoms with van der Waals surface area (Å²) in [7, 11) is 4.14. The normalized spacial score (nSPS) is 21.3. The van der Waals surface area contributed by atoms with Crippen LogP contribution < -0.4 is 4.74 Å². The van der Waals surface area contributed by atoms with E-state index in [4.69, 9.17) is 4.74 Å². The van der Waals surface area contributed by atoms with Crippen molar-refractivity contribution in [3.8, 4) is 11.4 Å². The highest BCUT2D eigenvalue weighted by atomic mass is 16.5. The van der Waals surface area contributed by atoms with Gasteiger partial charge in [0.2, 0.25) is 0 Å². The second-order valence-electron chi connectivity index (χ2n) is 5.30. The van der Waals surface area contributed by atoms with Crippen molar-refractivity contribution in [2.24, 2.45) is 0 Å². The Balaban J connectivity index is 2.15. The smallest absolute Gasteiger partial charge is 0.159 e. The molecule has 1 atom stereocenters. The molecule has 0 saturated carbocycles. The number of aromatic nitrogens is 1. The monoisotopic (exact) mass is 242 g/mol. The maximum absolute atomic E-state index is 6.25. The molecule has 0 saturated heterocycles. The van der Waals surface area contributed by atoms with Gasteiger partial charge in [0.1, 0.15) is 5.75 Å². The van der Waals surface area contributed by atoms with Crippen LogP contribution in [0.5, 0.6) is 5.75 Å². The number of hydrogen-bond acceptors (Lipinski definition) is 2. The Kier molecular flexibility index (Phi) is 2.45. The van der Waals surface area contributed by atoms with E-state index in [9.17, 15) is 0 Å². The third-order valence-corrected chi connectivity index (χ3v) is 3.37. The molecule has 3 rings (SSSR count). The predicted octanol–water partition coefficient (Wildman–Crippen LogP) is 2.65. The van der Waals surface area contributed by atoms with Gasteiger partial charge in [-0.05, 0) is 45.3 Å². The number of rotatable bonds is 2. The Morgan fingerprint density at radius 3 is 2.72 bits per heavy atom. The Bertz CT molecular complexity index is 573. The topological polar surface area (TPSA) is 17.4 Å². The van der Waals surface area contributed by atoms with Crippen molar-refractivity contribution >= 4 is 0 Å². The first kappa shape index (κ1) is 11.4. The minimum absolute atomic E-state index is 0.304. The summed E-state index contributed by atoms with van der Waals surface area (Å²) in [5, 5.41) is 0. The summed E-state index contributed by atoms with van der Waals surface area (Å²) < 4.78 is 8.48. The van der Waals surface area contributed by atoms with Crippen LogP contribution in [0.4, 0.5) is 0 Å². The molecular formula is C15H18N2O. The number of fused-ring (bicyclic) bond motifs is 3. The lowest BCUT2D eigenvalue weighted by Crippen LogP contribution is -2.43. The average molecular weight is 242 g/mol. The molecule has 1 aliphatic rings. The number of nitrogens with zero attached hydrogens (tertiary/aromatic N) is 2. The van der Waals surface area contributed by atoms with Gasteiger partial charge in [0.25, 0.3) is 0 Å². The van der Waals surface area contributed by atoms with Crippen molar-refractivity contribution in [3.05, 3.63) is 48.3 Å². The first-order valence-corrected chi connectivity index (χ1v) is 6.21. The number of hydrogen-bond donors (Lipinski definition) is 0. The van der Waals surface area contributed by atoms with Crippen LogP contribution >= 0.6 is 0 Å². The Morgan fingerprint density at radius 2 is 1.94 bits per heavy atom. The number of para-hydroxylation sites is 2. The molecule has 1 unspecified atom stereocenters. The van der Waals surface area contributed by atoms with Crippen molar-refractivity contribution in [1.82, 2.24) is 9.47 Å². The van der Waals surface area contributed by atoms with Crippen LogP contribution in [-0.2, 0) is 5.60 Å². The summed E-state index contributed by atoms with van der Waals surface area (Å²) in [6, 6.07) is 12.4. The Hall–Kier alpha value is -1.74. The van der Waals surface area contributed by atoms with E-state index in [1.165, 1.54) is 5.69 Å². The summed E-state index contributed by atoms with van der Waals surface area (Å²) in [6.45, 7) is 3.00. The molecule has 3 nitrogen and oxygen atoms in total. The molecule has 0 amide bonds. The van der Waals surface area contributed by atoms with Crippen LogP contribution in [0, 0.1) is 0 Å². The SMILES string of the molecule is CN(C)CC1(C)Oc2ccccc2-n2cccc21. The standard InChI is InChI=1S/C15H18N2O/c1-15(11-16(2)3)14-9-6-10-17(14)12-7-4-5-8-13(12)18-15/h4-10H,11H2,1-3H3. The quantitative estimate of drug-likeness (QED) is 0.805.